The molecule has 0 aliphatic heterocycles. The second-order valence-electron chi connectivity index (χ2n) is 3.42. The highest BCUT2D eigenvalue weighted by atomic mass is 16.5. The fourth-order valence-corrected chi connectivity index (χ4v) is 1.37. The summed E-state index contributed by atoms with van der Waals surface area (Å²) in [5.74, 6) is 0. The Hall–Kier alpha value is -0.900. The van der Waals surface area contributed by atoms with E-state index in [9.17, 15) is 0 Å². The maximum atomic E-state index is 8.51. The van der Waals surface area contributed by atoms with Crippen molar-refractivity contribution in [3.8, 4) is 0 Å². The Morgan fingerprint density at radius 3 is 2.67 bits per heavy atom. The molecule has 2 N–H and O–H groups in total. The molecule has 15 heavy (non-hydrogen) atoms. The lowest BCUT2D eigenvalue weighted by atomic mass is 10.1. The van der Waals surface area contributed by atoms with Gasteiger partial charge >= 0.3 is 0 Å². The van der Waals surface area contributed by atoms with Crippen LogP contribution in [0.1, 0.15) is 18.5 Å². The topological polar surface area (TPSA) is 41.5 Å². The first-order chi connectivity index (χ1) is 7.34. The van der Waals surface area contributed by atoms with E-state index in [0.29, 0.717) is 19.3 Å². The Balaban J connectivity index is 2.16. The van der Waals surface area contributed by atoms with E-state index in [0.717, 1.165) is 6.54 Å². The van der Waals surface area contributed by atoms with Crippen LogP contribution in [0.5, 0.6) is 0 Å². The average Bonchev–Trinajstić information content (AvgIpc) is 2.30. The van der Waals surface area contributed by atoms with E-state index >= 15 is 0 Å². The minimum atomic E-state index is 0.0915. The first-order valence-corrected chi connectivity index (χ1v) is 5.31. The molecule has 1 aromatic carbocycles. The zero-order valence-corrected chi connectivity index (χ0v) is 9.15. The Labute approximate surface area is 91.1 Å². The third-order valence-corrected chi connectivity index (χ3v) is 2.23. The molecule has 84 valence electrons. The fourth-order valence-electron chi connectivity index (χ4n) is 1.37. The molecule has 1 aromatic rings. The van der Waals surface area contributed by atoms with Crippen molar-refractivity contribution in [2.24, 2.45) is 0 Å². The second kappa shape index (κ2) is 7.40. The van der Waals surface area contributed by atoms with E-state index < -0.39 is 0 Å². The van der Waals surface area contributed by atoms with Gasteiger partial charge in [0.1, 0.15) is 0 Å². The zero-order valence-electron chi connectivity index (χ0n) is 9.15. The lowest BCUT2D eigenvalue weighted by Gasteiger charge is -2.13. The molecule has 0 aliphatic rings. The molecule has 0 amide bonds. The standard InChI is InChI=1S/C12H19NO2/c1-11(12-5-3-2-4-6-12)13-7-9-15-10-8-14/h2-6,11,13-14H,7-10H2,1H3/t11-/m1/s1. The zero-order chi connectivity index (χ0) is 10.9. The number of rotatable bonds is 7. The Kier molecular flexibility index (Phi) is 6.00. The molecule has 3 nitrogen and oxygen atoms in total. The van der Waals surface area contributed by atoms with E-state index in [-0.39, 0.29) is 6.61 Å². The third kappa shape index (κ3) is 4.93. The smallest absolute Gasteiger partial charge is 0.0698 e. The number of hydrogen-bond donors (Lipinski definition) is 2. The maximum Gasteiger partial charge on any atom is 0.0698 e. The van der Waals surface area contributed by atoms with E-state index in [2.05, 4.69) is 24.4 Å². The second-order valence-corrected chi connectivity index (χ2v) is 3.42. The van der Waals surface area contributed by atoms with Gasteiger partial charge in [0.05, 0.1) is 19.8 Å². The van der Waals surface area contributed by atoms with Crippen LogP contribution in [0.2, 0.25) is 0 Å². The molecule has 0 aliphatic carbocycles. The highest BCUT2D eigenvalue weighted by molar-refractivity contribution is 5.17. The van der Waals surface area contributed by atoms with Crippen LogP contribution in [0, 0.1) is 0 Å². The van der Waals surface area contributed by atoms with Gasteiger partial charge in [-0.2, -0.15) is 0 Å². The molecular formula is C12H19NO2. The SMILES string of the molecule is C[C@@H](NCCOCCO)c1ccccc1. The number of ether oxygens (including phenoxy) is 1. The normalized spacial score (nSPS) is 12.7. The minimum absolute atomic E-state index is 0.0915. The monoisotopic (exact) mass is 209 g/mol. The van der Waals surface area contributed by atoms with E-state index in [1.54, 1.807) is 0 Å². The molecule has 1 atom stereocenters. The number of benzene rings is 1. The van der Waals surface area contributed by atoms with Crippen molar-refractivity contribution in [1.29, 1.82) is 0 Å². The van der Waals surface area contributed by atoms with Crippen molar-refractivity contribution in [3.63, 3.8) is 0 Å². The van der Waals surface area contributed by atoms with Gasteiger partial charge in [-0.3, -0.25) is 0 Å². The molecule has 1 rings (SSSR count). The summed E-state index contributed by atoms with van der Waals surface area (Å²) in [7, 11) is 0. The molecule has 0 unspecified atom stereocenters. The summed E-state index contributed by atoms with van der Waals surface area (Å²) in [6, 6.07) is 10.6. The van der Waals surface area contributed by atoms with Gasteiger partial charge in [0.15, 0.2) is 0 Å². The average molecular weight is 209 g/mol. The first-order valence-electron chi connectivity index (χ1n) is 5.31. The van der Waals surface area contributed by atoms with Crippen molar-refractivity contribution in [1.82, 2.24) is 5.32 Å². The number of aliphatic hydroxyl groups excluding tert-OH is 1. The minimum Gasteiger partial charge on any atom is -0.394 e. The summed E-state index contributed by atoms with van der Waals surface area (Å²) >= 11 is 0. The van der Waals surface area contributed by atoms with Gasteiger partial charge in [-0.15, -0.1) is 0 Å². The summed E-state index contributed by atoms with van der Waals surface area (Å²) in [5.41, 5.74) is 1.28. The summed E-state index contributed by atoms with van der Waals surface area (Å²) in [6.45, 7) is 4.07. The molecule has 3 heteroatoms. The van der Waals surface area contributed by atoms with Crippen LogP contribution in [0.3, 0.4) is 0 Å². The first kappa shape index (κ1) is 12.2. The van der Waals surface area contributed by atoms with Crippen molar-refractivity contribution >= 4 is 0 Å². The quantitative estimate of drug-likeness (QED) is 0.666. The summed E-state index contributed by atoms with van der Waals surface area (Å²) in [4.78, 5) is 0. The third-order valence-electron chi connectivity index (χ3n) is 2.23. The van der Waals surface area contributed by atoms with E-state index in [1.165, 1.54) is 5.56 Å². The Bertz CT molecular complexity index is 251. The van der Waals surface area contributed by atoms with Crippen molar-refractivity contribution in [3.05, 3.63) is 35.9 Å². The predicted molar refractivity (Wildman–Crippen MR) is 60.8 cm³/mol. The van der Waals surface area contributed by atoms with Crippen LogP contribution < -0.4 is 5.32 Å². The Morgan fingerprint density at radius 2 is 2.00 bits per heavy atom. The van der Waals surface area contributed by atoms with Crippen LogP contribution in [-0.4, -0.2) is 31.5 Å². The van der Waals surface area contributed by atoms with Crippen LogP contribution in [0.15, 0.2) is 30.3 Å². The molecule has 0 heterocycles. The number of hydrogen-bond acceptors (Lipinski definition) is 3. The molecule has 0 aromatic heterocycles. The van der Waals surface area contributed by atoms with Gasteiger partial charge in [0.25, 0.3) is 0 Å². The summed E-state index contributed by atoms with van der Waals surface area (Å²) in [5, 5.41) is 11.9. The van der Waals surface area contributed by atoms with Crippen molar-refractivity contribution < 1.29 is 9.84 Å². The van der Waals surface area contributed by atoms with Gasteiger partial charge in [0.2, 0.25) is 0 Å². The van der Waals surface area contributed by atoms with Crippen LogP contribution in [-0.2, 0) is 4.74 Å². The number of aliphatic hydroxyl groups is 1. The molecule has 0 radical (unpaired) electrons. The van der Waals surface area contributed by atoms with Gasteiger partial charge in [-0.25, -0.2) is 0 Å². The number of nitrogens with one attached hydrogen (secondary N) is 1. The lowest BCUT2D eigenvalue weighted by Crippen LogP contribution is -2.23. The fraction of sp³-hybridized carbons (Fsp3) is 0.500. The highest BCUT2D eigenvalue weighted by Crippen LogP contribution is 2.10. The molecule has 0 fully saturated rings. The van der Waals surface area contributed by atoms with Crippen LogP contribution in [0.25, 0.3) is 0 Å². The molecule has 0 bridgehead atoms. The Morgan fingerprint density at radius 1 is 1.27 bits per heavy atom. The molecule has 0 spiro atoms. The van der Waals surface area contributed by atoms with Gasteiger partial charge < -0.3 is 15.2 Å². The summed E-state index contributed by atoms with van der Waals surface area (Å²) < 4.78 is 5.16. The van der Waals surface area contributed by atoms with Crippen molar-refractivity contribution in [2.45, 2.75) is 13.0 Å². The van der Waals surface area contributed by atoms with Crippen LogP contribution >= 0.6 is 0 Å². The lowest BCUT2D eigenvalue weighted by molar-refractivity contribution is 0.0928. The molecule has 0 saturated carbocycles. The predicted octanol–water partition coefficient (Wildman–Crippen LogP) is 1.35. The van der Waals surface area contributed by atoms with E-state index in [1.807, 2.05) is 18.2 Å². The van der Waals surface area contributed by atoms with Crippen LogP contribution in [0.4, 0.5) is 0 Å². The molecule has 0 saturated heterocycles. The van der Waals surface area contributed by atoms with Gasteiger partial charge in [-0.05, 0) is 12.5 Å². The molecular weight excluding hydrogens is 190 g/mol. The maximum absolute atomic E-state index is 8.51. The van der Waals surface area contributed by atoms with E-state index in [4.69, 9.17) is 9.84 Å². The highest BCUT2D eigenvalue weighted by Gasteiger charge is 2.02. The summed E-state index contributed by atoms with van der Waals surface area (Å²) in [6.07, 6.45) is 0. The van der Waals surface area contributed by atoms with Gasteiger partial charge in [-0.1, -0.05) is 30.3 Å². The van der Waals surface area contributed by atoms with Gasteiger partial charge in [0, 0.05) is 12.6 Å². The largest absolute Gasteiger partial charge is 0.394 e. The van der Waals surface area contributed by atoms with Crippen molar-refractivity contribution in [2.75, 3.05) is 26.4 Å².